The van der Waals surface area contributed by atoms with Crippen LogP contribution in [0.25, 0.3) is 0 Å². The maximum Gasteiger partial charge on any atom is 0.227 e. The highest BCUT2D eigenvalue weighted by molar-refractivity contribution is 5.83. The molecule has 1 aliphatic heterocycles. The van der Waals surface area contributed by atoms with Crippen molar-refractivity contribution >= 4 is 5.91 Å². The molecule has 2 N–H and O–H groups in total. The van der Waals surface area contributed by atoms with E-state index < -0.39 is 0 Å². The van der Waals surface area contributed by atoms with Crippen molar-refractivity contribution in [2.24, 2.45) is 11.3 Å². The van der Waals surface area contributed by atoms with Crippen molar-refractivity contribution in [2.45, 2.75) is 25.7 Å². The minimum atomic E-state index is -0.317. The number of fused-ring (bicyclic) bond motifs is 1. The number of ether oxygens (including phenoxy) is 1. The second-order valence-corrected chi connectivity index (χ2v) is 6.29. The Kier molecular flexibility index (Phi) is 4.62. The van der Waals surface area contributed by atoms with E-state index in [0.29, 0.717) is 24.8 Å². The van der Waals surface area contributed by atoms with Crippen LogP contribution >= 0.6 is 0 Å². The number of hydrogen-bond donors (Lipinski definition) is 2. The number of halogens is 1. The van der Waals surface area contributed by atoms with Crippen molar-refractivity contribution in [3.8, 4) is 5.75 Å². The Morgan fingerprint density at radius 3 is 3.23 bits per heavy atom. The van der Waals surface area contributed by atoms with Crippen LogP contribution in [0.3, 0.4) is 0 Å². The Bertz CT molecular complexity index is 537. The Morgan fingerprint density at radius 1 is 1.45 bits per heavy atom. The summed E-state index contributed by atoms with van der Waals surface area (Å²) in [6, 6.07) is 6.04. The van der Waals surface area contributed by atoms with E-state index in [1.165, 1.54) is 18.6 Å². The topological polar surface area (TPSA) is 50.4 Å². The van der Waals surface area contributed by atoms with E-state index in [-0.39, 0.29) is 17.1 Å². The Morgan fingerprint density at radius 2 is 2.36 bits per heavy atom. The number of rotatable bonds is 5. The van der Waals surface area contributed by atoms with Gasteiger partial charge in [0.2, 0.25) is 5.91 Å². The monoisotopic (exact) mass is 306 g/mol. The highest BCUT2D eigenvalue weighted by Crippen LogP contribution is 2.43. The zero-order valence-corrected chi connectivity index (χ0v) is 12.7. The summed E-state index contributed by atoms with van der Waals surface area (Å²) >= 11 is 0. The van der Waals surface area contributed by atoms with Crippen molar-refractivity contribution in [3.63, 3.8) is 0 Å². The van der Waals surface area contributed by atoms with E-state index in [9.17, 15) is 9.18 Å². The molecule has 5 heteroatoms. The van der Waals surface area contributed by atoms with Crippen LogP contribution < -0.4 is 15.4 Å². The Hall–Kier alpha value is -1.62. The minimum absolute atomic E-state index is 0.144. The summed E-state index contributed by atoms with van der Waals surface area (Å²) in [6.07, 6.45) is 4.47. The standard InChI is InChI=1S/C17H23FN2O2/c18-14-5-3-6-15(10-14)22-9-8-20-16(21)17-7-2-1-4-13(17)11-19-12-17/h3,5-6,10,13,19H,1-2,4,7-9,11-12H2,(H,20,21)/t13-,17+/m0/s1. The molecule has 1 heterocycles. The van der Waals surface area contributed by atoms with Crippen LogP contribution in [0, 0.1) is 17.2 Å². The first-order valence-electron chi connectivity index (χ1n) is 8.08. The molecule has 0 aromatic heterocycles. The van der Waals surface area contributed by atoms with Crippen molar-refractivity contribution in [1.82, 2.24) is 10.6 Å². The van der Waals surface area contributed by atoms with Gasteiger partial charge in [-0.1, -0.05) is 18.9 Å². The number of nitrogens with one attached hydrogen (secondary N) is 2. The van der Waals surface area contributed by atoms with E-state index in [0.717, 1.165) is 32.4 Å². The van der Waals surface area contributed by atoms with Crippen LogP contribution in [0.15, 0.2) is 24.3 Å². The van der Waals surface area contributed by atoms with Gasteiger partial charge in [0.05, 0.1) is 12.0 Å². The average Bonchev–Trinajstić information content (AvgIpc) is 2.96. The lowest BCUT2D eigenvalue weighted by Crippen LogP contribution is -2.48. The highest BCUT2D eigenvalue weighted by atomic mass is 19.1. The third-order valence-corrected chi connectivity index (χ3v) is 4.94. The van der Waals surface area contributed by atoms with Crippen molar-refractivity contribution < 1.29 is 13.9 Å². The predicted octanol–water partition coefficient (Wildman–Crippen LogP) is 2.10. The minimum Gasteiger partial charge on any atom is -0.492 e. The van der Waals surface area contributed by atoms with Crippen LogP contribution in [0.5, 0.6) is 5.75 Å². The second kappa shape index (κ2) is 6.65. The van der Waals surface area contributed by atoms with Crippen LogP contribution in [0.1, 0.15) is 25.7 Å². The third-order valence-electron chi connectivity index (χ3n) is 4.94. The molecule has 1 saturated heterocycles. The molecule has 0 spiro atoms. The summed E-state index contributed by atoms with van der Waals surface area (Å²) in [7, 11) is 0. The normalized spacial score (nSPS) is 27.2. The van der Waals surface area contributed by atoms with Gasteiger partial charge in [-0.3, -0.25) is 4.79 Å². The first kappa shape index (κ1) is 15.3. The summed E-state index contributed by atoms with van der Waals surface area (Å²) in [5.74, 6) is 0.781. The molecule has 0 unspecified atom stereocenters. The fraction of sp³-hybridized carbons (Fsp3) is 0.588. The van der Waals surface area contributed by atoms with Gasteiger partial charge in [-0.2, -0.15) is 0 Å². The molecule has 1 aromatic rings. The van der Waals surface area contributed by atoms with Crippen LogP contribution in [0.4, 0.5) is 4.39 Å². The van der Waals surface area contributed by atoms with E-state index in [2.05, 4.69) is 10.6 Å². The molecular weight excluding hydrogens is 283 g/mol. The molecule has 4 nitrogen and oxygen atoms in total. The van der Waals surface area contributed by atoms with Crippen LogP contribution in [-0.2, 0) is 4.79 Å². The third kappa shape index (κ3) is 3.09. The summed E-state index contributed by atoms with van der Waals surface area (Å²) in [5, 5.41) is 6.38. The fourth-order valence-electron chi connectivity index (χ4n) is 3.76. The lowest BCUT2D eigenvalue weighted by molar-refractivity contribution is -0.134. The SMILES string of the molecule is O=C(NCCOc1cccc(F)c1)[C@@]12CCCC[C@H]1CNC2. The van der Waals surface area contributed by atoms with Gasteiger partial charge in [0.25, 0.3) is 0 Å². The zero-order chi connectivity index (χ0) is 15.4. The Labute approximate surface area is 130 Å². The smallest absolute Gasteiger partial charge is 0.227 e. The summed E-state index contributed by atoms with van der Waals surface area (Å²) < 4.78 is 18.5. The second-order valence-electron chi connectivity index (χ2n) is 6.29. The van der Waals surface area contributed by atoms with Crippen LogP contribution in [-0.4, -0.2) is 32.1 Å². The van der Waals surface area contributed by atoms with Crippen molar-refractivity contribution in [1.29, 1.82) is 0 Å². The maximum atomic E-state index is 13.0. The van der Waals surface area contributed by atoms with Gasteiger partial charge in [0.15, 0.2) is 0 Å². The number of hydrogen-bond acceptors (Lipinski definition) is 3. The fourth-order valence-corrected chi connectivity index (χ4v) is 3.76. The largest absolute Gasteiger partial charge is 0.492 e. The first-order valence-corrected chi connectivity index (χ1v) is 8.08. The molecule has 1 saturated carbocycles. The first-order chi connectivity index (χ1) is 10.7. The quantitative estimate of drug-likeness (QED) is 0.819. The molecule has 22 heavy (non-hydrogen) atoms. The van der Waals surface area contributed by atoms with Crippen molar-refractivity contribution in [3.05, 3.63) is 30.1 Å². The molecule has 1 aliphatic carbocycles. The zero-order valence-electron chi connectivity index (χ0n) is 12.7. The number of amides is 1. The molecule has 1 amide bonds. The lowest BCUT2D eigenvalue weighted by Gasteiger charge is -2.37. The lowest BCUT2D eigenvalue weighted by atomic mass is 9.67. The number of carbonyl (C=O) groups is 1. The van der Waals surface area contributed by atoms with Gasteiger partial charge >= 0.3 is 0 Å². The van der Waals surface area contributed by atoms with E-state index in [1.54, 1.807) is 12.1 Å². The maximum absolute atomic E-state index is 13.0. The van der Waals surface area contributed by atoms with Gasteiger partial charge < -0.3 is 15.4 Å². The molecule has 120 valence electrons. The molecule has 2 fully saturated rings. The van der Waals surface area contributed by atoms with Gasteiger partial charge in [-0.15, -0.1) is 0 Å². The predicted molar refractivity (Wildman–Crippen MR) is 82.2 cm³/mol. The molecular formula is C17H23FN2O2. The van der Waals surface area contributed by atoms with E-state index in [1.807, 2.05) is 0 Å². The van der Waals surface area contributed by atoms with Crippen molar-refractivity contribution in [2.75, 3.05) is 26.2 Å². The average molecular weight is 306 g/mol. The Balaban J connectivity index is 1.48. The van der Waals surface area contributed by atoms with Gasteiger partial charge in [0.1, 0.15) is 18.2 Å². The molecule has 2 atom stereocenters. The highest BCUT2D eigenvalue weighted by Gasteiger charge is 2.49. The molecule has 1 aromatic carbocycles. The molecule has 3 rings (SSSR count). The summed E-state index contributed by atoms with van der Waals surface area (Å²) in [5.41, 5.74) is -0.225. The van der Waals surface area contributed by atoms with Gasteiger partial charge in [0, 0.05) is 12.6 Å². The molecule has 0 bridgehead atoms. The van der Waals surface area contributed by atoms with Crippen LogP contribution in [0.2, 0.25) is 0 Å². The van der Waals surface area contributed by atoms with E-state index in [4.69, 9.17) is 4.74 Å². The number of benzene rings is 1. The van der Waals surface area contributed by atoms with Gasteiger partial charge in [-0.25, -0.2) is 4.39 Å². The van der Waals surface area contributed by atoms with Gasteiger partial charge in [-0.05, 0) is 37.4 Å². The summed E-state index contributed by atoms with van der Waals surface area (Å²) in [6.45, 7) is 2.54. The number of carbonyl (C=O) groups excluding carboxylic acids is 1. The summed E-state index contributed by atoms with van der Waals surface area (Å²) in [4.78, 5) is 12.6. The van der Waals surface area contributed by atoms with E-state index >= 15 is 0 Å². The molecule has 0 radical (unpaired) electrons. The molecule has 2 aliphatic rings.